The van der Waals surface area contributed by atoms with Crippen LogP contribution < -0.4 is 24.4 Å². The monoisotopic (exact) mass is 575 g/mol. The summed E-state index contributed by atoms with van der Waals surface area (Å²) in [5, 5.41) is 11.7. The van der Waals surface area contributed by atoms with Gasteiger partial charge in [-0.1, -0.05) is 29.5 Å². The van der Waals surface area contributed by atoms with Gasteiger partial charge in [-0.25, -0.2) is 9.79 Å². The second-order valence-corrected chi connectivity index (χ2v) is 9.90. The second-order valence-electron chi connectivity index (χ2n) is 8.89. The molecule has 0 radical (unpaired) electrons. The summed E-state index contributed by atoms with van der Waals surface area (Å²) >= 11 is 1.13. The third-order valence-corrected chi connectivity index (χ3v) is 7.50. The molecule has 0 N–H and O–H groups in total. The fourth-order valence-electron chi connectivity index (χ4n) is 4.68. The Kier molecular flexibility index (Phi) is 7.58. The van der Waals surface area contributed by atoms with Crippen LogP contribution in [0.3, 0.4) is 0 Å². The minimum absolute atomic E-state index is 0.159. The number of thiazole rings is 1. The Morgan fingerprint density at radius 1 is 1.17 bits per heavy atom. The number of para-hydroxylation sites is 1. The summed E-state index contributed by atoms with van der Waals surface area (Å²) < 4.78 is 23.7. The number of allylic oxidation sites excluding steroid dienone is 1. The lowest BCUT2D eigenvalue weighted by molar-refractivity contribution is -0.384. The lowest BCUT2D eigenvalue weighted by atomic mass is 9.95. The molecule has 1 aliphatic rings. The zero-order valence-corrected chi connectivity index (χ0v) is 23.4. The Labute approximate surface area is 237 Å². The van der Waals surface area contributed by atoms with E-state index in [0.29, 0.717) is 37.9 Å². The predicted molar refractivity (Wildman–Crippen MR) is 151 cm³/mol. The van der Waals surface area contributed by atoms with E-state index in [1.54, 1.807) is 68.5 Å². The van der Waals surface area contributed by atoms with Crippen molar-refractivity contribution in [3.8, 4) is 22.8 Å². The third kappa shape index (κ3) is 5.05. The topological polar surface area (TPSA) is 135 Å². The van der Waals surface area contributed by atoms with Gasteiger partial charge in [0.25, 0.3) is 11.2 Å². The molecule has 4 aromatic rings. The average molecular weight is 576 g/mol. The molecule has 1 aliphatic heterocycles. The van der Waals surface area contributed by atoms with Crippen LogP contribution in [0.25, 0.3) is 17.4 Å². The fourth-order valence-corrected chi connectivity index (χ4v) is 5.71. The Balaban J connectivity index is 1.65. The molecule has 11 nitrogen and oxygen atoms in total. The van der Waals surface area contributed by atoms with Crippen molar-refractivity contribution >= 4 is 29.1 Å². The van der Waals surface area contributed by atoms with Crippen LogP contribution in [-0.2, 0) is 9.53 Å². The number of carbonyl (C=O) groups excluding carboxylic acids is 1. The van der Waals surface area contributed by atoms with Crippen molar-refractivity contribution in [2.75, 3.05) is 20.8 Å². The highest BCUT2D eigenvalue weighted by Gasteiger charge is 2.35. The van der Waals surface area contributed by atoms with Crippen molar-refractivity contribution in [3.05, 3.63) is 107 Å². The zero-order valence-electron chi connectivity index (χ0n) is 22.6. The number of fused-ring (bicyclic) bond motifs is 1. The number of aromatic nitrogens is 1. The summed E-state index contributed by atoms with van der Waals surface area (Å²) in [6.45, 7) is 3.57. The number of methoxy groups -OCH3 is 2. The number of rotatable bonds is 8. The van der Waals surface area contributed by atoms with Crippen LogP contribution >= 0.6 is 11.3 Å². The minimum Gasteiger partial charge on any atom is -0.497 e. The summed E-state index contributed by atoms with van der Waals surface area (Å²) in [5.41, 5.74) is 0.965. The molecule has 41 heavy (non-hydrogen) atoms. The molecule has 1 atom stereocenters. The highest BCUT2D eigenvalue weighted by Crippen LogP contribution is 2.36. The number of ether oxygens (including phenoxy) is 3. The molecule has 12 heteroatoms. The molecule has 0 saturated carbocycles. The molecule has 2 aromatic carbocycles. The number of hydrogen-bond acceptors (Lipinski definition) is 10. The molecule has 0 fully saturated rings. The molecule has 5 rings (SSSR count). The van der Waals surface area contributed by atoms with Crippen molar-refractivity contribution in [3.63, 3.8) is 0 Å². The van der Waals surface area contributed by atoms with Gasteiger partial charge in [0.05, 0.1) is 53.2 Å². The first kappa shape index (κ1) is 27.6. The number of furan rings is 1. The molecular formula is C29H25N3O8S. The number of carbonyl (C=O) groups is 1. The van der Waals surface area contributed by atoms with Crippen LogP contribution in [0.5, 0.6) is 11.5 Å². The first-order valence-corrected chi connectivity index (χ1v) is 13.3. The summed E-state index contributed by atoms with van der Waals surface area (Å²) in [6, 6.07) is 14.0. The molecule has 2 aromatic heterocycles. The molecule has 0 aliphatic carbocycles. The zero-order chi connectivity index (χ0) is 29.3. The van der Waals surface area contributed by atoms with E-state index < -0.39 is 22.5 Å². The summed E-state index contributed by atoms with van der Waals surface area (Å²) in [6.07, 6.45) is 1.55. The molecule has 0 spiro atoms. The molecule has 1 unspecified atom stereocenters. The van der Waals surface area contributed by atoms with E-state index in [4.69, 9.17) is 18.6 Å². The largest absolute Gasteiger partial charge is 0.497 e. The number of esters is 1. The molecule has 0 bridgehead atoms. The van der Waals surface area contributed by atoms with E-state index in [-0.39, 0.29) is 29.2 Å². The third-order valence-electron chi connectivity index (χ3n) is 6.52. The quantitative estimate of drug-likeness (QED) is 0.175. The van der Waals surface area contributed by atoms with Crippen LogP contribution in [0, 0.1) is 10.1 Å². The molecular weight excluding hydrogens is 550 g/mol. The van der Waals surface area contributed by atoms with Crippen molar-refractivity contribution in [2.45, 2.75) is 19.9 Å². The van der Waals surface area contributed by atoms with Crippen LogP contribution in [0.2, 0.25) is 0 Å². The van der Waals surface area contributed by atoms with Crippen molar-refractivity contribution in [2.24, 2.45) is 4.99 Å². The van der Waals surface area contributed by atoms with E-state index in [2.05, 4.69) is 4.99 Å². The standard InChI is InChI=1S/C29H25N3O8S/c1-5-39-28(34)25-16(2)30-29-31(26(25)20-8-6-7-9-22(20)38-4)27(33)24(41-29)15-18-11-13-23(40-18)19-12-10-17(37-3)14-21(19)32(35)36/h6-15,26H,5H2,1-4H3/b24-15-. The maximum atomic E-state index is 13.8. The first-order chi connectivity index (χ1) is 19.8. The minimum atomic E-state index is -0.835. The van der Waals surface area contributed by atoms with E-state index in [9.17, 15) is 19.7 Å². The molecule has 3 heterocycles. The van der Waals surface area contributed by atoms with Gasteiger partial charge in [-0.15, -0.1) is 0 Å². The van der Waals surface area contributed by atoms with Gasteiger partial charge in [0.15, 0.2) is 4.80 Å². The maximum absolute atomic E-state index is 13.8. The summed E-state index contributed by atoms with van der Waals surface area (Å²) in [5.74, 6) is 0.836. The highest BCUT2D eigenvalue weighted by molar-refractivity contribution is 7.07. The average Bonchev–Trinajstić information content (AvgIpc) is 3.56. The fraction of sp³-hybridized carbons (Fsp3) is 0.207. The normalized spacial score (nSPS) is 14.8. The smallest absolute Gasteiger partial charge is 0.338 e. The Morgan fingerprint density at radius 3 is 2.66 bits per heavy atom. The van der Waals surface area contributed by atoms with Crippen molar-refractivity contribution in [1.82, 2.24) is 4.57 Å². The SMILES string of the molecule is CCOC(=O)C1=C(C)N=c2s/c(=C\c3ccc(-c4ccc(OC)cc4[N+](=O)[O-])o3)c(=O)n2C1c1ccccc1OC. The van der Waals surface area contributed by atoms with Gasteiger partial charge in [-0.3, -0.25) is 19.5 Å². The van der Waals surface area contributed by atoms with E-state index in [1.165, 1.54) is 24.9 Å². The Morgan fingerprint density at radius 2 is 1.95 bits per heavy atom. The van der Waals surface area contributed by atoms with Crippen LogP contribution in [0.15, 0.2) is 80.1 Å². The van der Waals surface area contributed by atoms with Crippen LogP contribution in [-0.4, -0.2) is 36.3 Å². The van der Waals surface area contributed by atoms with Gasteiger partial charge in [-0.05, 0) is 44.2 Å². The number of nitrogens with zero attached hydrogens (tertiary/aromatic N) is 3. The number of hydrogen-bond donors (Lipinski definition) is 0. The van der Waals surface area contributed by atoms with E-state index in [0.717, 1.165) is 11.3 Å². The van der Waals surface area contributed by atoms with Crippen LogP contribution in [0.4, 0.5) is 5.69 Å². The van der Waals surface area contributed by atoms with Gasteiger partial charge in [0, 0.05) is 11.6 Å². The number of nitro groups is 1. The predicted octanol–water partition coefficient (Wildman–Crippen LogP) is 3.98. The number of nitro benzene ring substituents is 1. The van der Waals surface area contributed by atoms with Crippen molar-refractivity contribution < 1.29 is 28.3 Å². The molecule has 0 amide bonds. The van der Waals surface area contributed by atoms with E-state index >= 15 is 0 Å². The highest BCUT2D eigenvalue weighted by atomic mass is 32.1. The van der Waals surface area contributed by atoms with Gasteiger partial charge >= 0.3 is 5.97 Å². The molecule has 0 saturated heterocycles. The van der Waals surface area contributed by atoms with Crippen molar-refractivity contribution in [1.29, 1.82) is 0 Å². The lowest BCUT2D eigenvalue weighted by Gasteiger charge is -2.25. The summed E-state index contributed by atoms with van der Waals surface area (Å²) in [4.78, 5) is 43.0. The van der Waals surface area contributed by atoms with Gasteiger partial charge in [-0.2, -0.15) is 0 Å². The van der Waals surface area contributed by atoms with Gasteiger partial charge in [0.2, 0.25) is 0 Å². The van der Waals surface area contributed by atoms with E-state index in [1.807, 2.05) is 0 Å². The first-order valence-electron chi connectivity index (χ1n) is 12.5. The Hall–Kier alpha value is -4.97. The lowest BCUT2D eigenvalue weighted by Crippen LogP contribution is -2.40. The number of benzene rings is 2. The Bertz CT molecular complexity index is 1880. The molecule has 210 valence electrons. The van der Waals surface area contributed by atoms with Gasteiger partial charge in [0.1, 0.15) is 29.1 Å². The van der Waals surface area contributed by atoms with Crippen LogP contribution in [0.1, 0.15) is 31.2 Å². The summed E-state index contributed by atoms with van der Waals surface area (Å²) in [7, 11) is 2.94. The maximum Gasteiger partial charge on any atom is 0.338 e. The second kappa shape index (κ2) is 11.3. The van der Waals surface area contributed by atoms with Gasteiger partial charge < -0.3 is 18.6 Å².